The van der Waals surface area contributed by atoms with E-state index >= 15 is 0 Å². The van der Waals surface area contributed by atoms with Gasteiger partial charge in [0.2, 0.25) is 5.91 Å². The SMILES string of the molecule is O=C1C[C@H](c2noc(-c3ccccc3)n2)CN1c1ccc(Cl)cc1. The molecule has 1 atom stereocenters. The smallest absolute Gasteiger partial charge is 0.257 e. The number of aromatic nitrogens is 2. The van der Waals surface area contributed by atoms with Gasteiger partial charge in [0.1, 0.15) is 0 Å². The molecule has 0 N–H and O–H groups in total. The number of benzene rings is 2. The molecule has 2 heterocycles. The number of hydrogen-bond donors (Lipinski definition) is 0. The molecule has 120 valence electrons. The Hall–Kier alpha value is -2.66. The van der Waals surface area contributed by atoms with Gasteiger partial charge in [0.25, 0.3) is 5.89 Å². The minimum absolute atomic E-state index is 0.0494. The lowest BCUT2D eigenvalue weighted by Gasteiger charge is -2.16. The second-order valence-electron chi connectivity index (χ2n) is 5.71. The lowest BCUT2D eigenvalue weighted by molar-refractivity contribution is -0.117. The number of hydrogen-bond acceptors (Lipinski definition) is 4. The van der Waals surface area contributed by atoms with Gasteiger partial charge >= 0.3 is 0 Å². The van der Waals surface area contributed by atoms with Crippen LogP contribution in [0.3, 0.4) is 0 Å². The maximum atomic E-state index is 12.3. The van der Waals surface area contributed by atoms with Crippen LogP contribution < -0.4 is 4.90 Å². The Morgan fingerprint density at radius 1 is 1.08 bits per heavy atom. The third-order valence-corrected chi connectivity index (χ3v) is 4.34. The summed E-state index contributed by atoms with van der Waals surface area (Å²) in [7, 11) is 0. The lowest BCUT2D eigenvalue weighted by atomic mass is 10.1. The first-order chi connectivity index (χ1) is 11.7. The fourth-order valence-electron chi connectivity index (χ4n) is 2.85. The monoisotopic (exact) mass is 339 g/mol. The van der Waals surface area contributed by atoms with Crippen molar-refractivity contribution in [3.63, 3.8) is 0 Å². The minimum atomic E-state index is -0.0746. The van der Waals surface area contributed by atoms with Gasteiger partial charge in [0.15, 0.2) is 5.82 Å². The number of halogens is 1. The molecule has 1 amide bonds. The molecule has 24 heavy (non-hydrogen) atoms. The number of nitrogens with zero attached hydrogens (tertiary/aromatic N) is 3. The number of amides is 1. The molecule has 0 aliphatic carbocycles. The van der Waals surface area contributed by atoms with Crippen LogP contribution in [0.4, 0.5) is 5.69 Å². The predicted molar refractivity (Wildman–Crippen MR) is 90.9 cm³/mol. The minimum Gasteiger partial charge on any atom is -0.334 e. The van der Waals surface area contributed by atoms with Crippen molar-refractivity contribution in [3.05, 3.63) is 65.4 Å². The van der Waals surface area contributed by atoms with Gasteiger partial charge in [-0.25, -0.2) is 0 Å². The maximum absolute atomic E-state index is 12.3. The molecule has 6 heteroatoms. The van der Waals surface area contributed by atoms with Crippen LogP contribution in [-0.4, -0.2) is 22.6 Å². The van der Waals surface area contributed by atoms with Crippen LogP contribution >= 0.6 is 11.6 Å². The Bertz CT molecular complexity index is 861. The largest absolute Gasteiger partial charge is 0.334 e. The van der Waals surface area contributed by atoms with Crippen molar-refractivity contribution in [2.24, 2.45) is 0 Å². The molecule has 4 rings (SSSR count). The highest BCUT2D eigenvalue weighted by molar-refractivity contribution is 6.30. The number of carbonyl (C=O) groups excluding carboxylic acids is 1. The van der Waals surface area contributed by atoms with Gasteiger partial charge in [-0.05, 0) is 36.4 Å². The average molecular weight is 340 g/mol. The van der Waals surface area contributed by atoms with Crippen molar-refractivity contribution in [2.45, 2.75) is 12.3 Å². The Morgan fingerprint density at radius 2 is 1.83 bits per heavy atom. The molecule has 3 aromatic rings. The van der Waals surface area contributed by atoms with Crippen LogP contribution in [0.2, 0.25) is 5.02 Å². The standard InChI is InChI=1S/C18H14ClN3O2/c19-14-6-8-15(9-7-14)22-11-13(10-16(22)23)17-20-18(24-21-17)12-4-2-1-3-5-12/h1-9,13H,10-11H2/t13-/m0/s1. The summed E-state index contributed by atoms with van der Waals surface area (Å²) in [4.78, 5) is 18.5. The van der Waals surface area contributed by atoms with Crippen LogP contribution in [0.1, 0.15) is 18.2 Å². The molecule has 1 saturated heterocycles. The van der Waals surface area contributed by atoms with Crippen molar-refractivity contribution in [1.29, 1.82) is 0 Å². The van der Waals surface area contributed by atoms with Crippen LogP contribution in [0.15, 0.2) is 59.1 Å². The highest BCUT2D eigenvalue weighted by Gasteiger charge is 2.34. The van der Waals surface area contributed by atoms with Crippen LogP contribution in [0.25, 0.3) is 11.5 Å². The quantitative estimate of drug-likeness (QED) is 0.726. The topological polar surface area (TPSA) is 59.2 Å². The second kappa shape index (κ2) is 6.09. The maximum Gasteiger partial charge on any atom is 0.257 e. The first-order valence-corrected chi connectivity index (χ1v) is 8.03. The third kappa shape index (κ3) is 2.78. The van der Waals surface area contributed by atoms with Crippen molar-refractivity contribution < 1.29 is 9.32 Å². The zero-order chi connectivity index (χ0) is 16.5. The van der Waals surface area contributed by atoms with E-state index in [1.807, 2.05) is 42.5 Å². The van der Waals surface area contributed by atoms with Crippen LogP contribution in [0, 0.1) is 0 Å². The molecule has 1 aromatic heterocycles. The molecule has 0 bridgehead atoms. The molecule has 0 unspecified atom stereocenters. The number of rotatable bonds is 3. The first kappa shape index (κ1) is 14.9. The molecule has 5 nitrogen and oxygen atoms in total. The molecule has 0 saturated carbocycles. The zero-order valence-electron chi connectivity index (χ0n) is 12.7. The second-order valence-corrected chi connectivity index (χ2v) is 6.14. The summed E-state index contributed by atoms with van der Waals surface area (Å²) in [5.41, 5.74) is 1.70. The van der Waals surface area contributed by atoms with E-state index in [2.05, 4.69) is 10.1 Å². The highest BCUT2D eigenvalue weighted by atomic mass is 35.5. The third-order valence-electron chi connectivity index (χ3n) is 4.09. The lowest BCUT2D eigenvalue weighted by Crippen LogP contribution is -2.24. The van der Waals surface area contributed by atoms with Gasteiger partial charge in [-0.3, -0.25) is 4.79 Å². The van der Waals surface area contributed by atoms with Gasteiger partial charge in [0.05, 0.1) is 0 Å². The van der Waals surface area contributed by atoms with Gasteiger partial charge in [0, 0.05) is 35.2 Å². The molecule has 0 spiro atoms. The number of carbonyl (C=O) groups is 1. The summed E-state index contributed by atoms with van der Waals surface area (Å²) in [5, 5.41) is 4.71. The van der Waals surface area contributed by atoms with Gasteiger partial charge in [-0.1, -0.05) is 35.0 Å². The summed E-state index contributed by atoms with van der Waals surface area (Å²) in [5.74, 6) is 1.02. The van der Waals surface area contributed by atoms with E-state index in [9.17, 15) is 4.79 Å². The van der Waals surface area contributed by atoms with E-state index < -0.39 is 0 Å². The van der Waals surface area contributed by atoms with E-state index in [0.717, 1.165) is 11.3 Å². The van der Waals surface area contributed by atoms with E-state index in [-0.39, 0.29) is 11.8 Å². The van der Waals surface area contributed by atoms with Crippen molar-refractivity contribution in [3.8, 4) is 11.5 Å². The average Bonchev–Trinajstić information content (AvgIpc) is 3.23. The highest BCUT2D eigenvalue weighted by Crippen LogP contribution is 2.31. The zero-order valence-corrected chi connectivity index (χ0v) is 13.5. The summed E-state index contributed by atoms with van der Waals surface area (Å²) in [6.45, 7) is 0.536. The fraction of sp³-hybridized carbons (Fsp3) is 0.167. The summed E-state index contributed by atoms with van der Waals surface area (Å²) >= 11 is 5.90. The fourth-order valence-corrected chi connectivity index (χ4v) is 2.98. The summed E-state index contributed by atoms with van der Waals surface area (Å²) < 4.78 is 5.35. The van der Waals surface area contributed by atoms with Crippen molar-refractivity contribution in [1.82, 2.24) is 10.1 Å². The molecular formula is C18H14ClN3O2. The molecule has 1 aliphatic heterocycles. The van der Waals surface area contributed by atoms with E-state index in [4.69, 9.17) is 16.1 Å². The molecule has 1 fully saturated rings. The number of anilines is 1. The first-order valence-electron chi connectivity index (χ1n) is 7.65. The van der Waals surface area contributed by atoms with Gasteiger partial charge in [-0.2, -0.15) is 4.98 Å². The van der Waals surface area contributed by atoms with E-state index in [1.54, 1.807) is 17.0 Å². The Balaban J connectivity index is 1.55. The molecule has 2 aromatic carbocycles. The Labute approximate surface area is 143 Å². The van der Waals surface area contributed by atoms with Gasteiger partial charge in [-0.15, -0.1) is 0 Å². The summed E-state index contributed by atoms with van der Waals surface area (Å²) in [6.07, 6.45) is 0.371. The molecule has 0 radical (unpaired) electrons. The van der Waals surface area contributed by atoms with Gasteiger partial charge < -0.3 is 9.42 Å². The molecule has 1 aliphatic rings. The predicted octanol–water partition coefficient (Wildman–Crippen LogP) is 3.91. The van der Waals surface area contributed by atoms with Crippen molar-refractivity contribution >= 4 is 23.2 Å². The van der Waals surface area contributed by atoms with E-state index in [0.29, 0.717) is 29.7 Å². The van der Waals surface area contributed by atoms with Crippen LogP contribution in [0.5, 0.6) is 0 Å². The Kier molecular flexibility index (Phi) is 3.78. The summed E-state index contributed by atoms with van der Waals surface area (Å²) in [6, 6.07) is 16.8. The van der Waals surface area contributed by atoms with Crippen LogP contribution in [-0.2, 0) is 4.79 Å². The van der Waals surface area contributed by atoms with Crippen molar-refractivity contribution in [2.75, 3.05) is 11.4 Å². The van der Waals surface area contributed by atoms with E-state index in [1.165, 1.54) is 0 Å². The Morgan fingerprint density at radius 3 is 2.58 bits per heavy atom. The normalized spacial score (nSPS) is 17.5. The molecular weight excluding hydrogens is 326 g/mol.